The molecule has 1 aliphatic heterocycles. The molecule has 3 rings (SSSR count). The SMILES string of the molecule is CC(NC1COc2ccccc21)c1cccc(F)c1F. The lowest BCUT2D eigenvalue weighted by molar-refractivity contribution is 0.299. The van der Waals surface area contributed by atoms with Gasteiger partial charge < -0.3 is 10.1 Å². The summed E-state index contributed by atoms with van der Waals surface area (Å²) in [6, 6.07) is 11.7. The van der Waals surface area contributed by atoms with Gasteiger partial charge in [-0.15, -0.1) is 0 Å². The molecule has 104 valence electrons. The molecule has 0 spiro atoms. The summed E-state index contributed by atoms with van der Waals surface area (Å²) in [5, 5.41) is 3.29. The van der Waals surface area contributed by atoms with E-state index in [4.69, 9.17) is 4.74 Å². The number of benzene rings is 2. The molecular weight excluding hydrogens is 260 g/mol. The lowest BCUT2D eigenvalue weighted by Gasteiger charge is -2.19. The monoisotopic (exact) mass is 275 g/mol. The Morgan fingerprint density at radius 1 is 1.15 bits per heavy atom. The van der Waals surface area contributed by atoms with Crippen LogP contribution in [0.3, 0.4) is 0 Å². The third-order valence-corrected chi connectivity index (χ3v) is 3.60. The summed E-state index contributed by atoms with van der Waals surface area (Å²) in [5.41, 5.74) is 1.38. The molecule has 1 aliphatic rings. The zero-order valence-electron chi connectivity index (χ0n) is 11.1. The molecular formula is C16H15F2NO. The average molecular weight is 275 g/mol. The third-order valence-electron chi connectivity index (χ3n) is 3.60. The molecule has 0 aromatic heterocycles. The number of rotatable bonds is 3. The highest BCUT2D eigenvalue weighted by Crippen LogP contribution is 2.33. The average Bonchev–Trinajstić information content (AvgIpc) is 2.85. The van der Waals surface area contributed by atoms with Gasteiger partial charge in [-0.05, 0) is 19.1 Å². The van der Waals surface area contributed by atoms with Crippen molar-refractivity contribution in [2.75, 3.05) is 6.61 Å². The number of para-hydroxylation sites is 1. The first-order valence-electron chi connectivity index (χ1n) is 6.58. The van der Waals surface area contributed by atoms with Crippen molar-refractivity contribution in [2.45, 2.75) is 19.0 Å². The summed E-state index contributed by atoms with van der Waals surface area (Å²) in [6.45, 7) is 2.32. The van der Waals surface area contributed by atoms with Crippen LogP contribution in [0.2, 0.25) is 0 Å². The smallest absolute Gasteiger partial charge is 0.163 e. The number of hydrogen-bond acceptors (Lipinski definition) is 2. The van der Waals surface area contributed by atoms with Gasteiger partial charge in [0.05, 0.1) is 6.04 Å². The van der Waals surface area contributed by atoms with Crippen molar-refractivity contribution in [2.24, 2.45) is 0 Å². The summed E-state index contributed by atoms with van der Waals surface area (Å²) in [4.78, 5) is 0. The van der Waals surface area contributed by atoms with Gasteiger partial charge in [-0.3, -0.25) is 0 Å². The van der Waals surface area contributed by atoms with Crippen LogP contribution >= 0.6 is 0 Å². The Morgan fingerprint density at radius 2 is 1.95 bits per heavy atom. The molecule has 0 saturated heterocycles. The third kappa shape index (κ3) is 2.27. The molecule has 2 aromatic rings. The Balaban J connectivity index is 1.81. The van der Waals surface area contributed by atoms with Crippen LogP contribution in [0.1, 0.15) is 30.1 Å². The Kier molecular flexibility index (Phi) is 3.40. The van der Waals surface area contributed by atoms with E-state index < -0.39 is 11.6 Å². The van der Waals surface area contributed by atoms with Crippen LogP contribution < -0.4 is 10.1 Å². The van der Waals surface area contributed by atoms with Gasteiger partial charge in [-0.25, -0.2) is 8.78 Å². The van der Waals surface area contributed by atoms with Gasteiger partial charge in [0.2, 0.25) is 0 Å². The van der Waals surface area contributed by atoms with Crippen LogP contribution in [0.25, 0.3) is 0 Å². The number of ether oxygens (including phenoxy) is 1. The fraction of sp³-hybridized carbons (Fsp3) is 0.250. The van der Waals surface area contributed by atoms with Crippen LogP contribution in [-0.4, -0.2) is 6.61 Å². The predicted molar refractivity (Wildman–Crippen MR) is 72.6 cm³/mol. The summed E-state index contributed by atoms with van der Waals surface area (Å²) in [7, 11) is 0. The molecule has 0 amide bonds. The van der Waals surface area contributed by atoms with Gasteiger partial charge in [-0.1, -0.05) is 30.3 Å². The van der Waals surface area contributed by atoms with Crippen molar-refractivity contribution in [3.05, 3.63) is 65.2 Å². The molecule has 0 saturated carbocycles. The summed E-state index contributed by atoms with van der Waals surface area (Å²) in [5.74, 6) is -0.768. The van der Waals surface area contributed by atoms with E-state index in [0.717, 1.165) is 17.4 Å². The Labute approximate surface area is 116 Å². The number of fused-ring (bicyclic) bond motifs is 1. The number of halogens is 2. The molecule has 0 aliphatic carbocycles. The van der Waals surface area contributed by atoms with E-state index in [9.17, 15) is 8.78 Å². The van der Waals surface area contributed by atoms with E-state index >= 15 is 0 Å². The molecule has 0 bridgehead atoms. The van der Waals surface area contributed by atoms with Gasteiger partial charge in [0, 0.05) is 17.2 Å². The summed E-state index contributed by atoms with van der Waals surface area (Å²) >= 11 is 0. The van der Waals surface area contributed by atoms with Crippen molar-refractivity contribution in [1.29, 1.82) is 0 Å². The highest BCUT2D eigenvalue weighted by atomic mass is 19.2. The van der Waals surface area contributed by atoms with Gasteiger partial charge in [0.25, 0.3) is 0 Å². The lowest BCUT2D eigenvalue weighted by Crippen LogP contribution is -2.26. The Morgan fingerprint density at radius 3 is 2.80 bits per heavy atom. The van der Waals surface area contributed by atoms with Crippen molar-refractivity contribution in [3.63, 3.8) is 0 Å². The van der Waals surface area contributed by atoms with E-state index in [1.807, 2.05) is 31.2 Å². The predicted octanol–water partition coefficient (Wildman–Crippen LogP) is 3.75. The first-order valence-corrected chi connectivity index (χ1v) is 6.58. The zero-order valence-corrected chi connectivity index (χ0v) is 11.1. The van der Waals surface area contributed by atoms with E-state index in [0.29, 0.717) is 12.2 Å². The standard InChI is InChI=1S/C16H15F2NO/c1-10(11-6-4-7-13(17)16(11)18)19-14-9-20-15-8-3-2-5-12(14)15/h2-8,10,14,19H,9H2,1H3. The van der Waals surface area contributed by atoms with E-state index in [2.05, 4.69) is 5.32 Å². The molecule has 20 heavy (non-hydrogen) atoms. The van der Waals surface area contributed by atoms with Gasteiger partial charge >= 0.3 is 0 Å². The van der Waals surface area contributed by atoms with Crippen molar-refractivity contribution in [3.8, 4) is 5.75 Å². The first kappa shape index (κ1) is 13.1. The van der Waals surface area contributed by atoms with Crippen molar-refractivity contribution >= 4 is 0 Å². The van der Waals surface area contributed by atoms with Crippen LogP contribution in [0, 0.1) is 11.6 Å². The van der Waals surface area contributed by atoms with Gasteiger partial charge in [-0.2, -0.15) is 0 Å². The van der Waals surface area contributed by atoms with Gasteiger partial charge in [0.1, 0.15) is 12.4 Å². The van der Waals surface area contributed by atoms with Crippen molar-refractivity contribution < 1.29 is 13.5 Å². The fourth-order valence-electron chi connectivity index (χ4n) is 2.55. The number of hydrogen-bond donors (Lipinski definition) is 1. The lowest BCUT2D eigenvalue weighted by atomic mass is 10.0. The molecule has 2 atom stereocenters. The molecule has 0 fully saturated rings. The molecule has 2 unspecified atom stereocenters. The minimum Gasteiger partial charge on any atom is -0.491 e. The second-order valence-corrected chi connectivity index (χ2v) is 4.93. The molecule has 4 heteroatoms. The molecule has 1 N–H and O–H groups in total. The van der Waals surface area contributed by atoms with E-state index in [-0.39, 0.29) is 12.1 Å². The first-order chi connectivity index (χ1) is 9.66. The summed E-state index contributed by atoms with van der Waals surface area (Å²) < 4.78 is 32.6. The molecule has 1 heterocycles. The number of nitrogens with one attached hydrogen (secondary N) is 1. The Hall–Kier alpha value is -1.94. The van der Waals surface area contributed by atoms with Crippen LogP contribution in [-0.2, 0) is 0 Å². The maximum Gasteiger partial charge on any atom is 0.163 e. The maximum atomic E-state index is 13.8. The van der Waals surface area contributed by atoms with Gasteiger partial charge in [0.15, 0.2) is 11.6 Å². The summed E-state index contributed by atoms with van der Waals surface area (Å²) in [6.07, 6.45) is 0. The quantitative estimate of drug-likeness (QED) is 0.921. The maximum absolute atomic E-state index is 13.8. The minimum absolute atomic E-state index is 0.0103. The highest BCUT2D eigenvalue weighted by molar-refractivity contribution is 5.39. The largest absolute Gasteiger partial charge is 0.491 e. The Bertz CT molecular complexity index is 630. The highest BCUT2D eigenvalue weighted by Gasteiger charge is 2.26. The molecule has 2 aromatic carbocycles. The topological polar surface area (TPSA) is 21.3 Å². The normalized spacial score (nSPS) is 18.4. The zero-order chi connectivity index (χ0) is 14.1. The molecule has 0 radical (unpaired) electrons. The van der Waals surface area contributed by atoms with Crippen LogP contribution in [0.15, 0.2) is 42.5 Å². The van der Waals surface area contributed by atoms with Crippen LogP contribution in [0.5, 0.6) is 5.75 Å². The molecule has 2 nitrogen and oxygen atoms in total. The van der Waals surface area contributed by atoms with Crippen LogP contribution in [0.4, 0.5) is 8.78 Å². The fourth-order valence-corrected chi connectivity index (χ4v) is 2.55. The van der Waals surface area contributed by atoms with E-state index in [1.54, 1.807) is 6.07 Å². The van der Waals surface area contributed by atoms with Crippen molar-refractivity contribution in [1.82, 2.24) is 5.32 Å². The van der Waals surface area contributed by atoms with E-state index in [1.165, 1.54) is 6.07 Å². The second kappa shape index (κ2) is 5.21. The second-order valence-electron chi connectivity index (χ2n) is 4.93. The minimum atomic E-state index is -0.820.